The minimum absolute atomic E-state index is 0.102. The summed E-state index contributed by atoms with van der Waals surface area (Å²) in [5.74, 6) is 0. The Hall–Kier alpha value is -1.46. The Labute approximate surface area is 101 Å². The van der Waals surface area contributed by atoms with E-state index in [4.69, 9.17) is 9.47 Å². The second-order valence-electron chi connectivity index (χ2n) is 4.11. The van der Waals surface area contributed by atoms with Crippen LogP contribution in [-0.4, -0.2) is 38.7 Å². The monoisotopic (exact) mass is 248 g/mol. The summed E-state index contributed by atoms with van der Waals surface area (Å²) in [7, 11) is 0. The molecule has 6 nitrogen and oxygen atoms in total. The van der Waals surface area contributed by atoms with Gasteiger partial charge in [-0.1, -0.05) is 13.8 Å². The molecule has 0 amide bonds. The third-order valence-corrected chi connectivity index (χ3v) is 1.69. The lowest BCUT2D eigenvalue weighted by Crippen LogP contribution is -2.29. The molecule has 0 bridgehead atoms. The molecule has 0 unspecified atom stereocenters. The maximum atomic E-state index is 11.0. The van der Waals surface area contributed by atoms with Crippen LogP contribution in [0.5, 0.6) is 0 Å². The fraction of sp³-hybridized carbons (Fsp3) is 0.818. The van der Waals surface area contributed by atoms with Crippen molar-refractivity contribution in [3.8, 4) is 0 Å². The molecule has 0 N–H and O–H groups in total. The van der Waals surface area contributed by atoms with Gasteiger partial charge in [-0.3, -0.25) is 0 Å². The summed E-state index contributed by atoms with van der Waals surface area (Å²) >= 11 is 0. The van der Waals surface area contributed by atoms with Crippen LogP contribution in [0.15, 0.2) is 0 Å². The van der Waals surface area contributed by atoms with Gasteiger partial charge in [-0.25, -0.2) is 9.59 Å². The van der Waals surface area contributed by atoms with Crippen LogP contribution in [0.25, 0.3) is 0 Å². The van der Waals surface area contributed by atoms with Gasteiger partial charge in [0.2, 0.25) is 0 Å². The van der Waals surface area contributed by atoms with E-state index >= 15 is 0 Å². The molecule has 0 aliphatic heterocycles. The van der Waals surface area contributed by atoms with E-state index < -0.39 is 17.7 Å². The maximum absolute atomic E-state index is 11.0. The highest BCUT2D eigenvalue weighted by atomic mass is 16.7. The first kappa shape index (κ1) is 15.5. The molecule has 17 heavy (non-hydrogen) atoms. The first-order valence-corrected chi connectivity index (χ1v) is 5.50. The number of ether oxygens (including phenoxy) is 4. The summed E-state index contributed by atoms with van der Waals surface area (Å²) in [6, 6.07) is 0. The van der Waals surface area contributed by atoms with Crippen molar-refractivity contribution in [2.24, 2.45) is 5.41 Å². The van der Waals surface area contributed by atoms with Crippen LogP contribution in [0, 0.1) is 5.41 Å². The lowest BCUT2D eigenvalue weighted by Gasteiger charge is -2.22. The maximum Gasteiger partial charge on any atom is 0.508 e. The third kappa shape index (κ3) is 8.36. The minimum Gasteiger partial charge on any atom is -0.435 e. The quantitative estimate of drug-likeness (QED) is 0.672. The molecule has 6 heteroatoms. The van der Waals surface area contributed by atoms with Crippen molar-refractivity contribution in [1.82, 2.24) is 0 Å². The molecule has 0 fully saturated rings. The highest BCUT2D eigenvalue weighted by Crippen LogP contribution is 2.16. The summed E-state index contributed by atoms with van der Waals surface area (Å²) in [6.07, 6.45) is -1.45. The van der Waals surface area contributed by atoms with Crippen LogP contribution in [-0.2, 0) is 18.9 Å². The molecule has 0 saturated carbocycles. The molecule has 0 aromatic rings. The number of hydrogen-bond donors (Lipinski definition) is 0. The predicted molar refractivity (Wildman–Crippen MR) is 59.7 cm³/mol. The fourth-order valence-electron chi connectivity index (χ4n) is 0.869. The first-order valence-electron chi connectivity index (χ1n) is 5.50. The van der Waals surface area contributed by atoms with Gasteiger partial charge in [-0.2, -0.15) is 0 Å². The lowest BCUT2D eigenvalue weighted by atomic mass is 9.96. The topological polar surface area (TPSA) is 71.1 Å². The number of carbonyl (C=O) groups excluding carboxylic acids is 2. The van der Waals surface area contributed by atoms with Gasteiger partial charge in [-0.05, 0) is 13.8 Å². The molecule has 0 aromatic heterocycles. The Morgan fingerprint density at radius 3 is 1.47 bits per heavy atom. The molecule has 0 aliphatic rings. The average Bonchev–Trinajstić information content (AvgIpc) is 2.25. The Morgan fingerprint density at radius 1 is 0.824 bits per heavy atom. The van der Waals surface area contributed by atoms with Gasteiger partial charge in [0.05, 0.1) is 13.2 Å². The van der Waals surface area contributed by atoms with Crippen LogP contribution < -0.4 is 0 Å². The predicted octanol–water partition coefficient (Wildman–Crippen LogP) is 2.36. The van der Waals surface area contributed by atoms with Crippen molar-refractivity contribution in [1.29, 1.82) is 0 Å². The number of rotatable bonds is 6. The molecule has 0 aromatic carbocycles. The van der Waals surface area contributed by atoms with Gasteiger partial charge < -0.3 is 18.9 Å². The summed E-state index contributed by atoms with van der Waals surface area (Å²) in [5, 5.41) is 0. The van der Waals surface area contributed by atoms with Crippen LogP contribution in [0.1, 0.15) is 27.7 Å². The molecule has 0 atom stereocenters. The van der Waals surface area contributed by atoms with Crippen molar-refractivity contribution >= 4 is 12.3 Å². The Bertz CT molecular complexity index is 224. The normalized spacial score (nSPS) is 10.6. The van der Waals surface area contributed by atoms with Crippen LogP contribution in [0.4, 0.5) is 9.59 Å². The van der Waals surface area contributed by atoms with Crippen molar-refractivity contribution < 1.29 is 28.5 Å². The van der Waals surface area contributed by atoms with E-state index in [0.717, 1.165) is 0 Å². The second kappa shape index (κ2) is 7.76. The molecule has 0 heterocycles. The van der Waals surface area contributed by atoms with Gasteiger partial charge in [0.1, 0.15) is 13.2 Å². The third-order valence-electron chi connectivity index (χ3n) is 1.69. The van der Waals surface area contributed by atoms with Crippen LogP contribution in [0.3, 0.4) is 0 Å². The van der Waals surface area contributed by atoms with Crippen LogP contribution >= 0.6 is 0 Å². The largest absolute Gasteiger partial charge is 0.508 e. The van der Waals surface area contributed by atoms with Gasteiger partial charge in [-0.15, -0.1) is 0 Å². The van der Waals surface area contributed by atoms with E-state index in [-0.39, 0.29) is 26.4 Å². The summed E-state index contributed by atoms with van der Waals surface area (Å²) in [6.45, 7) is 7.71. The van der Waals surface area contributed by atoms with E-state index in [1.54, 1.807) is 27.7 Å². The Morgan fingerprint density at radius 2 is 1.18 bits per heavy atom. The van der Waals surface area contributed by atoms with Gasteiger partial charge >= 0.3 is 12.3 Å². The molecule has 0 aliphatic carbocycles. The summed E-state index contributed by atoms with van der Waals surface area (Å²) < 4.78 is 18.9. The number of carbonyl (C=O) groups is 2. The zero-order valence-corrected chi connectivity index (χ0v) is 10.8. The van der Waals surface area contributed by atoms with Gasteiger partial charge in [0.15, 0.2) is 0 Å². The van der Waals surface area contributed by atoms with E-state index in [1.807, 2.05) is 0 Å². The van der Waals surface area contributed by atoms with Gasteiger partial charge in [0.25, 0.3) is 0 Å². The van der Waals surface area contributed by atoms with Crippen molar-refractivity contribution in [2.45, 2.75) is 27.7 Å². The van der Waals surface area contributed by atoms with E-state index in [9.17, 15) is 9.59 Å². The van der Waals surface area contributed by atoms with Crippen molar-refractivity contribution in [3.05, 3.63) is 0 Å². The lowest BCUT2D eigenvalue weighted by molar-refractivity contribution is -0.00512. The molecule has 0 radical (unpaired) electrons. The fourth-order valence-corrected chi connectivity index (χ4v) is 0.869. The van der Waals surface area contributed by atoms with E-state index in [2.05, 4.69) is 9.47 Å². The van der Waals surface area contributed by atoms with Crippen LogP contribution in [0.2, 0.25) is 0 Å². The molecule has 0 rings (SSSR count). The average molecular weight is 248 g/mol. The van der Waals surface area contributed by atoms with E-state index in [1.165, 1.54) is 0 Å². The summed E-state index contributed by atoms with van der Waals surface area (Å²) in [5.41, 5.74) is -0.487. The Balaban J connectivity index is 3.86. The highest BCUT2D eigenvalue weighted by Gasteiger charge is 2.23. The SMILES string of the molecule is CCOC(=O)OCC(C)(C)COC(=O)OCC. The molecular weight excluding hydrogens is 228 g/mol. The molecule has 100 valence electrons. The van der Waals surface area contributed by atoms with E-state index in [0.29, 0.717) is 0 Å². The summed E-state index contributed by atoms with van der Waals surface area (Å²) in [4.78, 5) is 21.9. The Kier molecular flexibility index (Phi) is 7.09. The molecular formula is C11H20O6. The van der Waals surface area contributed by atoms with Gasteiger partial charge in [0, 0.05) is 5.41 Å². The molecule has 0 saturated heterocycles. The first-order chi connectivity index (χ1) is 7.91. The zero-order chi connectivity index (χ0) is 13.3. The zero-order valence-electron chi connectivity index (χ0n) is 10.8. The number of hydrogen-bond acceptors (Lipinski definition) is 6. The standard InChI is InChI=1S/C11H20O6/c1-5-14-9(12)16-7-11(3,4)8-17-10(13)15-6-2/h5-8H2,1-4H3. The van der Waals surface area contributed by atoms with Crippen molar-refractivity contribution in [3.63, 3.8) is 0 Å². The second-order valence-corrected chi connectivity index (χ2v) is 4.11. The minimum atomic E-state index is -0.725. The smallest absolute Gasteiger partial charge is 0.435 e. The van der Waals surface area contributed by atoms with Crippen molar-refractivity contribution in [2.75, 3.05) is 26.4 Å². The highest BCUT2D eigenvalue weighted by molar-refractivity contribution is 5.60. The molecule has 0 spiro atoms.